The van der Waals surface area contributed by atoms with Gasteiger partial charge in [0.25, 0.3) is 0 Å². The van der Waals surface area contributed by atoms with Crippen molar-refractivity contribution >= 4 is 10.9 Å². The van der Waals surface area contributed by atoms with Gasteiger partial charge in [0.15, 0.2) is 0 Å². The number of nitrogens with zero attached hydrogens (tertiary/aromatic N) is 1. The summed E-state index contributed by atoms with van der Waals surface area (Å²) in [6, 6.07) is 10.2. The molecule has 0 aliphatic rings. The van der Waals surface area contributed by atoms with E-state index in [4.69, 9.17) is 5.73 Å². The Morgan fingerprint density at radius 3 is 3.00 bits per heavy atom. The molecule has 1 aromatic heterocycles. The Balaban J connectivity index is 2.35. The quantitative estimate of drug-likeness (QED) is 0.793. The Hall–Kier alpha value is -1.67. The Morgan fingerprint density at radius 2 is 2.25 bits per heavy atom. The van der Waals surface area contributed by atoms with Crippen molar-refractivity contribution in [3.63, 3.8) is 0 Å². The molecule has 0 spiro atoms. The third-order valence-electron chi connectivity index (χ3n) is 2.62. The second-order valence-electron chi connectivity index (χ2n) is 4.22. The van der Waals surface area contributed by atoms with E-state index in [-0.39, 0.29) is 6.04 Å². The van der Waals surface area contributed by atoms with Gasteiger partial charge in [-0.05, 0) is 37.1 Å². The van der Waals surface area contributed by atoms with Crippen molar-refractivity contribution in [3.05, 3.63) is 54.2 Å². The van der Waals surface area contributed by atoms with Crippen molar-refractivity contribution < 1.29 is 0 Å². The molecule has 1 aromatic carbocycles. The molecule has 2 N–H and O–H groups in total. The van der Waals surface area contributed by atoms with E-state index in [2.05, 4.69) is 23.7 Å². The lowest BCUT2D eigenvalue weighted by atomic mass is 10.00. The molecule has 2 heteroatoms. The molecule has 2 aromatic rings. The van der Waals surface area contributed by atoms with E-state index in [0.29, 0.717) is 0 Å². The van der Waals surface area contributed by atoms with E-state index in [0.717, 1.165) is 28.5 Å². The summed E-state index contributed by atoms with van der Waals surface area (Å²) in [5.74, 6) is 0. The molecule has 0 amide bonds. The second-order valence-corrected chi connectivity index (χ2v) is 4.22. The fourth-order valence-electron chi connectivity index (χ4n) is 1.82. The molecule has 16 heavy (non-hydrogen) atoms. The van der Waals surface area contributed by atoms with Crippen molar-refractivity contribution in [3.8, 4) is 0 Å². The van der Waals surface area contributed by atoms with Crippen LogP contribution in [0.25, 0.3) is 10.9 Å². The second kappa shape index (κ2) is 4.45. The summed E-state index contributed by atoms with van der Waals surface area (Å²) in [5, 5.41) is 1.14. The first-order chi connectivity index (χ1) is 7.66. The standard InChI is InChI=1S/C14H16N2/c1-10(2)8-13(15)11-5-6-14-12(9-11)4-3-7-16-14/h3-7,9,13H,1,8,15H2,2H3. The van der Waals surface area contributed by atoms with Crippen LogP contribution in [0.4, 0.5) is 0 Å². The van der Waals surface area contributed by atoms with Gasteiger partial charge in [-0.15, -0.1) is 6.58 Å². The number of aromatic nitrogens is 1. The summed E-state index contributed by atoms with van der Waals surface area (Å²) < 4.78 is 0. The van der Waals surface area contributed by atoms with Gasteiger partial charge in [-0.3, -0.25) is 4.98 Å². The first kappa shape index (κ1) is 10.8. The number of benzene rings is 1. The predicted octanol–water partition coefficient (Wildman–Crippen LogP) is 3.20. The minimum atomic E-state index is 0.0297. The minimum absolute atomic E-state index is 0.0297. The van der Waals surface area contributed by atoms with Crippen LogP contribution in [-0.2, 0) is 0 Å². The molecule has 0 fully saturated rings. The van der Waals surface area contributed by atoms with Crippen LogP contribution >= 0.6 is 0 Å². The summed E-state index contributed by atoms with van der Waals surface area (Å²) in [6.07, 6.45) is 2.63. The predicted molar refractivity (Wildman–Crippen MR) is 68.1 cm³/mol. The molecular weight excluding hydrogens is 196 g/mol. The molecule has 2 nitrogen and oxygen atoms in total. The SMILES string of the molecule is C=C(C)CC(N)c1ccc2ncccc2c1. The summed E-state index contributed by atoms with van der Waals surface area (Å²) in [5.41, 5.74) is 9.37. The maximum atomic E-state index is 6.11. The first-order valence-electron chi connectivity index (χ1n) is 5.41. The molecule has 1 heterocycles. The molecule has 0 bridgehead atoms. The fourth-order valence-corrected chi connectivity index (χ4v) is 1.82. The van der Waals surface area contributed by atoms with Crippen LogP contribution in [0, 0.1) is 0 Å². The average Bonchev–Trinajstić information content (AvgIpc) is 2.27. The molecule has 0 aliphatic heterocycles. The maximum absolute atomic E-state index is 6.11. The van der Waals surface area contributed by atoms with E-state index in [1.807, 2.05) is 25.1 Å². The minimum Gasteiger partial charge on any atom is -0.324 e. The Labute approximate surface area is 95.8 Å². The molecule has 0 saturated carbocycles. The van der Waals surface area contributed by atoms with Gasteiger partial charge in [-0.2, -0.15) is 0 Å². The van der Waals surface area contributed by atoms with Crippen molar-refractivity contribution in [1.29, 1.82) is 0 Å². The molecule has 82 valence electrons. The fraction of sp³-hybridized carbons (Fsp3) is 0.214. The number of rotatable bonds is 3. The highest BCUT2D eigenvalue weighted by atomic mass is 14.7. The maximum Gasteiger partial charge on any atom is 0.0702 e. The van der Waals surface area contributed by atoms with Gasteiger partial charge in [-0.25, -0.2) is 0 Å². The highest BCUT2D eigenvalue weighted by Gasteiger charge is 2.06. The van der Waals surface area contributed by atoms with Crippen molar-refractivity contribution in [2.45, 2.75) is 19.4 Å². The van der Waals surface area contributed by atoms with Crippen LogP contribution in [0.15, 0.2) is 48.7 Å². The summed E-state index contributed by atoms with van der Waals surface area (Å²) in [6.45, 7) is 5.89. The van der Waals surface area contributed by atoms with Crippen LogP contribution in [0.3, 0.4) is 0 Å². The third-order valence-corrected chi connectivity index (χ3v) is 2.62. The van der Waals surface area contributed by atoms with Gasteiger partial charge >= 0.3 is 0 Å². The van der Waals surface area contributed by atoms with Crippen LogP contribution < -0.4 is 5.73 Å². The van der Waals surface area contributed by atoms with Gasteiger partial charge in [0.2, 0.25) is 0 Å². The summed E-state index contributed by atoms with van der Waals surface area (Å²) >= 11 is 0. The van der Waals surface area contributed by atoms with Crippen LogP contribution in [-0.4, -0.2) is 4.98 Å². The molecule has 1 atom stereocenters. The topological polar surface area (TPSA) is 38.9 Å². The zero-order valence-corrected chi connectivity index (χ0v) is 9.48. The number of pyridine rings is 1. The molecule has 0 radical (unpaired) electrons. The van der Waals surface area contributed by atoms with E-state index in [1.54, 1.807) is 6.20 Å². The monoisotopic (exact) mass is 212 g/mol. The summed E-state index contributed by atoms with van der Waals surface area (Å²) in [7, 11) is 0. The van der Waals surface area contributed by atoms with E-state index in [9.17, 15) is 0 Å². The van der Waals surface area contributed by atoms with Crippen LogP contribution in [0.2, 0.25) is 0 Å². The van der Waals surface area contributed by atoms with Crippen LogP contribution in [0.5, 0.6) is 0 Å². The van der Waals surface area contributed by atoms with Gasteiger partial charge in [-0.1, -0.05) is 17.7 Å². The molecule has 0 saturated heterocycles. The Kier molecular flexibility index (Phi) is 3.02. The number of hydrogen-bond donors (Lipinski definition) is 1. The van der Waals surface area contributed by atoms with Crippen LogP contribution in [0.1, 0.15) is 24.9 Å². The number of nitrogens with two attached hydrogens (primary N) is 1. The normalized spacial score (nSPS) is 12.6. The first-order valence-corrected chi connectivity index (χ1v) is 5.41. The smallest absolute Gasteiger partial charge is 0.0702 e. The van der Waals surface area contributed by atoms with Gasteiger partial charge < -0.3 is 5.73 Å². The van der Waals surface area contributed by atoms with E-state index in [1.165, 1.54) is 0 Å². The van der Waals surface area contributed by atoms with Gasteiger partial charge in [0.1, 0.15) is 0 Å². The molecule has 0 aliphatic carbocycles. The lowest BCUT2D eigenvalue weighted by Crippen LogP contribution is -2.10. The molecule has 1 unspecified atom stereocenters. The largest absolute Gasteiger partial charge is 0.324 e. The molecule has 2 rings (SSSR count). The Bertz CT molecular complexity index is 517. The lowest BCUT2D eigenvalue weighted by Gasteiger charge is -2.12. The highest BCUT2D eigenvalue weighted by Crippen LogP contribution is 2.21. The third kappa shape index (κ3) is 2.28. The van der Waals surface area contributed by atoms with E-state index >= 15 is 0 Å². The zero-order chi connectivity index (χ0) is 11.5. The zero-order valence-electron chi connectivity index (χ0n) is 9.48. The van der Waals surface area contributed by atoms with Crippen molar-refractivity contribution in [2.24, 2.45) is 5.73 Å². The lowest BCUT2D eigenvalue weighted by molar-refractivity contribution is 0.718. The average molecular weight is 212 g/mol. The molecular formula is C14H16N2. The van der Waals surface area contributed by atoms with Crippen molar-refractivity contribution in [2.75, 3.05) is 0 Å². The van der Waals surface area contributed by atoms with E-state index < -0.39 is 0 Å². The highest BCUT2D eigenvalue weighted by molar-refractivity contribution is 5.79. The summed E-state index contributed by atoms with van der Waals surface area (Å²) in [4.78, 5) is 4.28. The number of hydrogen-bond acceptors (Lipinski definition) is 2. The number of fused-ring (bicyclic) bond motifs is 1. The Morgan fingerprint density at radius 1 is 1.44 bits per heavy atom. The van der Waals surface area contributed by atoms with Gasteiger partial charge in [0.05, 0.1) is 5.52 Å². The van der Waals surface area contributed by atoms with Gasteiger partial charge in [0, 0.05) is 17.6 Å². The van der Waals surface area contributed by atoms with Crippen molar-refractivity contribution in [1.82, 2.24) is 4.98 Å².